The van der Waals surface area contributed by atoms with Crippen LogP contribution in [0.25, 0.3) is 0 Å². The highest BCUT2D eigenvalue weighted by Gasteiger charge is 2.22. The number of aldehydes is 1. The maximum atomic E-state index is 11.9. The van der Waals surface area contributed by atoms with Crippen LogP contribution in [0.3, 0.4) is 0 Å². The molecule has 0 aliphatic carbocycles. The van der Waals surface area contributed by atoms with Gasteiger partial charge in [0.1, 0.15) is 18.9 Å². The van der Waals surface area contributed by atoms with Crippen molar-refractivity contribution in [3.05, 3.63) is 35.9 Å². The molecule has 1 amide bonds. The molecule has 0 aliphatic heterocycles. The maximum absolute atomic E-state index is 11.9. The summed E-state index contributed by atoms with van der Waals surface area (Å²) in [5, 5.41) is 2.35. The molecule has 0 radical (unpaired) electrons. The second-order valence-electron chi connectivity index (χ2n) is 4.68. The molecule has 6 heteroatoms. The molecule has 1 aromatic rings. The summed E-state index contributed by atoms with van der Waals surface area (Å²) in [6, 6.07) is 8.11. The van der Waals surface area contributed by atoms with Crippen molar-refractivity contribution < 1.29 is 23.9 Å². The summed E-state index contributed by atoms with van der Waals surface area (Å²) in [5.41, 5.74) is 0.825. The first-order valence-corrected chi connectivity index (χ1v) is 7.24. The highest BCUT2D eigenvalue weighted by Crippen LogP contribution is 2.03. The minimum Gasteiger partial charge on any atom is -0.459 e. The Morgan fingerprint density at radius 3 is 2.59 bits per heavy atom. The second kappa shape index (κ2) is 10.4. The van der Waals surface area contributed by atoms with E-state index in [9.17, 15) is 14.4 Å². The lowest BCUT2D eigenvalue weighted by atomic mass is 10.2. The quantitative estimate of drug-likeness (QED) is 0.430. The molecular formula is C16H21NO5. The smallest absolute Gasteiger partial charge is 0.407 e. The fourth-order valence-corrected chi connectivity index (χ4v) is 1.63. The molecule has 1 aromatic carbocycles. The Bertz CT molecular complexity index is 475. The van der Waals surface area contributed by atoms with Crippen molar-refractivity contribution in [2.45, 2.75) is 38.8 Å². The molecule has 1 N–H and O–H groups in total. The Balaban J connectivity index is 2.45. The van der Waals surface area contributed by atoms with Gasteiger partial charge in [-0.2, -0.15) is 0 Å². The van der Waals surface area contributed by atoms with Gasteiger partial charge in [0, 0.05) is 6.42 Å². The van der Waals surface area contributed by atoms with Crippen molar-refractivity contribution in [1.29, 1.82) is 0 Å². The van der Waals surface area contributed by atoms with E-state index in [1.165, 1.54) is 0 Å². The van der Waals surface area contributed by atoms with Crippen molar-refractivity contribution >= 4 is 18.3 Å². The van der Waals surface area contributed by atoms with Crippen molar-refractivity contribution in [2.75, 3.05) is 6.61 Å². The molecule has 0 spiro atoms. The number of unbranched alkanes of at least 4 members (excludes halogenated alkanes) is 1. The van der Waals surface area contributed by atoms with E-state index in [4.69, 9.17) is 9.47 Å². The summed E-state index contributed by atoms with van der Waals surface area (Å²) in [6.45, 7) is 2.33. The van der Waals surface area contributed by atoms with Crippen LogP contribution < -0.4 is 5.32 Å². The zero-order valence-electron chi connectivity index (χ0n) is 12.6. The van der Waals surface area contributed by atoms with Gasteiger partial charge in [0.05, 0.1) is 6.61 Å². The van der Waals surface area contributed by atoms with E-state index in [0.29, 0.717) is 6.29 Å². The van der Waals surface area contributed by atoms with Gasteiger partial charge >= 0.3 is 12.1 Å². The predicted octanol–water partition coefficient (Wildman–Crippen LogP) is 2.21. The molecule has 0 saturated carbocycles. The number of carbonyl (C=O) groups excluding carboxylic acids is 3. The van der Waals surface area contributed by atoms with Gasteiger partial charge in [-0.25, -0.2) is 9.59 Å². The molecule has 0 bridgehead atoms. The average molecular weight is 307 g/mol. The van der Waals surface area contributed by atoms with Crippen molar-refractivity contribution in [3.63, 3.8) is 0 Å². The Morgan fingerprint density at radius 2 is 1.95 bits per heavy atom. The first-order chi connectivity index (χ1) is 10.7. The fraction of sp³-hybridized carbons (Fsp3) is 0.438. The van der Waals surface area contributed by atoms with Crippen molar-refractivity contribution in [2.24, 2.45) is 0 Å². The minimum absolute atomic E-state index is 0.0849. The number of esters is 1. The maximum Gasteiger partial charge on any atom is 0.407 e. The Labute approximate surface area is 129 Å². The Morgan fingerprint density at radius 1 is 1.23 bits per heavy atom. The highest BCUT2D eigenvalue weighted by atomic mass is 16.6. The molecule has 0 heterocycles. The molecule has 1 atom stereocenters. The number of amides is 1. The summed E-state index contributed by atoms with van der Waals surface area (Å²) in [7, 11) is 0. The second-order valence-corrected chi connectivity index (χ2v) is 4.68. The lowest BCUT2D eigenvalue weighted by Crippen LogP contribution is -2.42. The van der Waals surface area contributed by atoms with Crippen LogP contribution in [0.15, 0.2) is 30.3 Å². The van der Waals surface area contributed by atoms with Gasteiger partial charge in [0.2, 0.25) is 0 Å². The van der Waals surface area contributed by atoms with E-state index >= 15 is 0 Å². The molecule has 0 fully saturated rings. The van der Waals surface area contributed by atoms with Gasteiger partial charge in [0.25, 0.3) is 0 Å². The van der Waals surface area contributed by atoms with Crippen LogP contribution in [0.2, 0.25) is 0 Å². The van der Waals surface area contributed by atoms with Gasteiger partial charge < -0.3 is 19.6 Å². The normalized spacial score (nSPS) is 11.3. The lowest BCUT2D eigenvalue weighted by Gasteiger charge is -2.15. The van der Waals surface area contributed by atoms with E-state index < -0.39 is 18.1 Å². The van der Waals surface area contributed by atoms with Crippen LogP contribution in [-0.4, -0.2) is 31.0 Å². The lowest BCUT2D eigenvalue weighted by molar-refractivity contribution is -0.148. The first-order valence-electron chi connectivity index (χ1n) is 7.24. The summed E-state index contributed by atoms with van der Waals surface area (Å²) >= 11 is 0. The van der Waals surface area contributed by atoms with E-state index in [1.807, 2.05) is 37.3 Å². The molecule has 6 nitrogen and oxygen atoms in total. The van der Waals surface area contributed by atoms with Crippen LogP contribution in [0, 0.1) is 0 Å². The largest absolute Gasteiger partial charge is 0.459 e. The Kier molecular flexibility index (Phi) is 8.33. The number of alkyl carbamates (subject to hydrolysis) is 1. The number of nitrogens with one attached hydrogen (secondary N) is 1. The summed E-state index contributed by atoms with van der Waals surface area (Å²) in [6.07, 6.45) is 1.31. The molecule has 1 unspecified atom stereocenters. The van der Waals surface area contributed by atoms with Crippen LogP contribution in [0.5, 0.6) is 0 Å². The van der Waals surface area contributed by atoms with Gasteiger partial charge in [-0.3, -0.25) is 0 Å². The summed E-state index contributed by atoms with van der Waals surface area (Å²) in [5.74, 6) is -0.664. The number of carbonyl (C=O) groups is 3. The fourth-order valence-electron chi connectivity index (χ4n) is 1.63. The molecule has 1 rings (SSSR count). The number of rotatable bonds is 9. The summed E-state index contributed by atoms with van der Waals surface area (Å²) < 4.78 is 10.00. The van der Waals surface area contributed by atoms with Gasteiger partial charge in [0.15, 0.2) is 0 Å². The third kappa shape index (κ3) is 6.88. The summed E-state index contributed by atoms with van der Waals surface area (Å²) in [4.78, 5) is 34.1. The third-order valence-electron chi connectivity index (χ3n) is 2.86. The highest BCUT2D eigenvalue weighted by molar-refractivity contribution is 5.83. The average Bonchev–Trinajstić information content (AvgIpc) is 2.53. The zero-order chi connectivity index (χ0) is 16.2. The van der Waals surface area contributed by atoms with Gasteiger partial charge in [-0.05, 0) is 12.0 Å². The van der Waals surface area contributed by atoms with Gasteiger partial charge in [-0.15, -0.1) is 0 Å². The number of hydrogen-bond donors (Lipinski definition) is 1. The van der Waals surface area contributed by atoms with E-state index in [0.717, 1.165) is 18.4 Å². The number of ether oxygens (including phenoxy) is 2. The monoisotopic (exact) mass is 307 g/mol. The van der Waals surface area contributed by atoms with Crippen molar-refractivity contribution in [1.82, 2.24) is 5.32 Å². The molecule has 0 aromatic heterocycles. The zero-order valence-corrected chi connectivity index (χ0v) is 12.6. The van der Waals surface area contributed by atoms with Crippen LogP contribution in [0.1, 0.15) is 31.7 Å². The van der Waals surface area contributed by atoms with Crippen LogP contribution in [-0.2, 0) is 25.7 Å². The van der Waals surface area contributed by atoms with Gasteiger partial charge in [-0.1, -0.05) is 43.7 Å². The van der Waals surface area contributed by atoms with Crippen LogP contribution in [0.4, 0.5) is 4.79 Å². The molecular weight excluding hydrogens is 286 g/mol. The standard InChI is InChI=1S/C16H21NO5/c1-2-3-11-21-16(20)17-14(9-10-18)15(19)22-12-13-7-5-4-6-8-13/h4-8,10,14H,2-3,9,11-12H2,1H3,(H,17,20). The molecule has 0 aliphatic rings. The number of hydrogen-bond acceptors (Lipinski definition) is 5. The third-order valence-corrected chi connectivity index (χ3v) is 2.86. The SMILES string of the molecule is CCCCOC(=O)NC(CC=O)C(=O)OCc1ccccc1. The predicted molar refractivity (Wildman–Crippen MR) is 80.1 cm³/mol. The Hall–Kier alpha value is -2.37. The topological polar surface area (TPSA) is 81.7 Å². The first kappa shape index (κ1) is 17.7. The number of benzene rings is 1. The van der Waals surface area contributed by atoms with Crippen molar-refractivity contribution in [3.8, 4) is 0 Å². The molecule has 120 valence electrons. The van der Waals surface area contributed by atoms with E-state index in [1.54, 1.807) is 0 Å². The minimum atomic E-state index is -1.03. The van der Waals surface area contributed by atoms with E-state index in [-0.39, 0.29) is 19.6 Å². The van der Waals surface area contributed by atoms with Crippen LogP contribution >= 0.6 is 0 Å². The molecule has 0 saturated heterocycles. The van der Waals surface area contributed by atoms with E-state index in [2.05, 4.69) is 5.32 Å². The molecule has 22 heavy (non-hydrogen) atoms.